The van der Waals surface area contributed by atoms with Gasteiger partial charge < -0.3 is 49.0 Å². The summed E-state index contributed by atoms with van der Waals surface area (Å²) in [6, 6.07) is 5.65. The number of rotatable bonds is 20. The number of alkyl halides is 2. The lowest BCUT2D eigenvalue weighted by molar-refractivity contribution is -0.140. The summed E-state index contributed by atoms with van der Waals surface area (Å²) in [5, 5.41) is 8.03. The van der Waals surface area contributed by atoms with E-state index in [0.29, 0.717) is 90.5 Å². The Bertz CT molecular complexity index is 2630. The van der Waals surface area contributed by atoms with Crippen molar-refractivity contribution >= 4 is 58.6 Å². The number of likely N-dealkylation sites (tertiary alicyclic amines) is 1. The summed E-state index contributed by atoms with van der Waals surface area (Å²) < 4.78 is 73.6. The first kappa shape index (κ1) is 52.6. The quantitative estimate of drug-likeness (QED) is 0.0838. The Kier molecular flexibility index (Phi) is 17.2. The van der Waals surface area contributed by atoms with Crippen molar-refractivity contribution in [3.8, 4) is 17.6 Å². The number of amides is 6. The molecule has 1 aromatic heterocycles. The van der Waals surface area contributed by atoms with Crippen molar-refractivity contribution in [3.05, 3.63) is 64.6 Å². The molecule has 3 aromatic rings. The third-order valence-electron chi connectivity index (χ3n) is 13.4. The lowest BCUT2D eigenvalue weighted by atomic mass is 10.0. The van der Waals surface area contributed by atoms with Crippen molar-refractivity contribution in [2.45, 2.75) is 75.4 Å². The summed E-state index contributed by atoms with van der Waals surface area (Å²) in [4.78, 5) is 90.4. The second-order valence-corrected chi connectivity index (χ2v) is 18.2. The van der Waals surface area contributed by atoms with Gasteiger partial charge in [0.25, 0.3) is 23.6 Å². The second-order valence-electron chi connectivity index (χ2n) is 18.2. The maximum Gasteiger partial charge on any atom is 0.342 e. The molecule has 0 bridgehead atoms. The molecule has 1 saturated carbocycles. The largest absolute Gasteiger partial charge is 0.495 e. The topological polar surface area (TPSA) is 223 Å². The fraction of sp³-hybridized carbons (Fsp3) is 0.520. The third-order valence-corrected chi connectivity index (χ3v) is 13.4. The molecule has 73 heavy (non-hydrogen) atoms. The van der Waals surface area contributed by atoms with E-state index in [1.807, 2.05) is 0 Å². The first-order valence-electron chi connectivity index (χ1n) is 24.4. The standard InChI is InChI=1S/C50H58F3N9O11/c1-59-39-29-54-49(58-43(39)61(33-9-3-4-10-33)30-50(52,53)48(59)68)56-37-28-36(51)35(27-40(37)69-2)44(64)55-32-14-16-60(17-15-32)18-20-71-22-24-73-26-25-72-23-21-70-19-6-8-31-7-5-11-34-42(31)47(67)62(46(34)66)38-12-13-41(63)57-45(38)65/h5,7,11,27-29,32-33,38H,3-4,9-10,12-26,30H2,1-2H3,(H,55,64)(H,54,56,58)(H,57,63,65). The number of hydrogen-bond donors (Lipinski definition) is 3. The molecule has 3 fully saturated rings. The molecule has 2 aromatic carbocycles. The highest BCUT2D eigenvalue weighted by Gasteiger charge is 2.49. The van der Waals surface area contributed by atoms with Crippen LogP contribution < -0.4 is 30.5 Å². The number of methoxy groups -OCH3 is 1. The van der Waals surface area contributed by atoms with Crippen LogP contribution in [0, 0.1) is 17.7 Å². The molecule has 0 spiro atoms. The summed E-state index contributed by atoms with van der Waals surface area (Å²) in [5.74, 6) is -2.74. The van der Waals surface area contributed by atoms with Crippen LogP contribution in [0.5, 0.6) is 5.75 Å². The Hall–Kier alpha value is -6.71. The summed E-state index contributed by atoms with van der Waals surface area (Å²) in [6.45, 7) is 3.90. The highest BCUT2D eigenvalue weighted by Crippen LogP contribution is 2.40. The minimum absolute atomic E-state index is 0.0294. The van der Waals surface area contributed by atoms with E-state index in [1.54, 1.807) is 12.1 Å². The Morgan fingerprint density at radius 1 is 0.904 bits per heavy atom. The van der Waals surface area contributed by atoms with Crippen LogP contribution in [0.25, 0.3) is 0 Å². The number of aromatic nitrogens is 2. The number of carbonyl (C=O) groups excluding carboxylic acids is 6. The normalized spacial score (nSPS) is 19.3. The molecule has 6 amide bonds. The number of fused-ring (bicyclic) bond motifs is 2. The van der Waals surface area contributed by atoms with Gasteiger partial charge in [0.2, 0.25) is 17.8 Å². The average molecular weight is 1020 g/mol. The van der Waals surface area contributed by atoms with E-state index in [9.17, 15) is 28.8 Å². The summed E-state index contributed by atoms with van der Waals surface area (Å²) >= 11 is 0. The van der Waals surface area contributed by atoms with Gasteiger partial charge in [-0.05, 0) is 50.3 Å². The molecule has 1 atom stereocenters. The van der Waals surface area contributed by atoms with Crippen LogP contribution in [0.1, 0.15) is 88.0 Å². The Labute approximate surface area is 419 Å². The van der Waals surface area contributed by atoms with E-state index < -0.39 is 59.8 Å². The average Bonchev–Trinajstić information content (AvgIpc) is 3.99. The number of nitrogens with one attached hydrogen (secondary N) is 3. The van der Waals surface area contributed by atoms with Crippen molar-refractivity contribution in [3.63, 3.8) is 0 Å². The lowest BCUT2D eigenvalue weighted by Crippen LogP contribution is -2.54. The van der Waals surface area contributed by atoms with Gasteiger partial charge in [-0.15, -0.1) is 0 Å². The molecular weight excluding hydrogens is 960 g/mol. The van der Waals surface area contributed by atoms with E-state index >= 15 is 13.2 Å². The highest BCUT2D eigenvalue weighted by atomic mass is 19.3. The number of hydrogen-bond acceptors (Lipinski definition) is 16. The second kappa shape index (κ2) is 23.9. The number of carbonyl (C=O) groups is 6. The van der Waals surface area contributed by atoms with Crippen molar-refractivity contribution in [1.29, 1.82) is 0 Å². The van der Waals surface area contributed by atoms with Gasteiger partial charge in [0.15, 0.2) is 5.82 Å². The molecule has 1 aliphatic carbocycles. The van der Waals surface area contributed by atoms with Crippen LogP contribution >= 0.6 is 0 Å². The van der Waals surface area contributed by atoms with Gasteiger partial charge >= 0.3 is 5.92 Å². The molecule has 23 heteroatoms. The number of imide groups is 2. The Balaban J connectivity index is 0.682. The van der Waals surface area contributed by atoms with Gasteiger partial charge in [-0.2, -0.15) is 13.8 Å². The van der Waals surface area contributed by atoms with Gasteiger partial charge in [-0.1, -0.05) is 30.7 Å². The van der Waals surface area contributed by atoms with Crippen LogP contribution in [-0.4, -0.2) is 172 Å². The predicted octanol–water partition coefficient (Wildman–Crippen LogP) is 3.44. The summed E-state index contributed by atoms with van der Waals surface area (Å²) in [6.07, 6.45) is 5.78. The molecule has 2 saturated heterocycles. The van der Waals surface area contributed by atoms with E-state index in [2.05, 4.69) is 42.7 Å². The zero-order chi connectivity index (χ0) is 51.6. The lowest BCUT2D eigenvalue weighted by Gasteiger charge is -2.32. The number of halogens is 3. The van der Waals surface area contributed by atoms with Crippen LogP contribution in [0.15, 0.2) is 36.5 Å². The molecule has 390 valence electrons. The number of benzene rings is 2. The summed E-state index contributed by atoms with van der Waals surface area (Å²) in [7, 11) is 2.63. The molecule has 5 heterocycles. The molecule has 8 rings (SSSR count). The minimum Gasteiger partial charge on any atom is -0.495 e. The van der Waals surface area contributed by atoms with E-state index in [0.717, 1.165) is 28.7 Å². The number of ether oxygens (including phenoxy) is 5. The molecule has 3 N–H and O–H groups in total. The fourth-order valence-electron chi connectivity index (χ4n) is 9.51. The highest BCUT2D eigenvalue weighted by molar-refractivity contribution is 6.24. The van der Waals surface area contributed by atoms with Crippen molar-refractivity contribution in [1.82, 2.24) is 30.4 Å². The molecule has 4 aliphatic heterocycles. The van der Waals surface area contributed by atoms with Gasteiger partial charge in [-0.25, -0.2) is 9.37 Å². The first-order chi connectivity index (χ1) is 35.2. The van der Waals surface area contributed by atoms with Gasteiger partial charge in [-0.3, -0.25) is 39.0 Å². The molecule has 1 unspecified atom stereocenters. The monoisotopic (exact) mass is 1020 g/mol. The fourth-order valence-corrected chi connectivity index (χ4v) is 9.51. The molecule has 5 aliphatic rings. The molecular formula is C50H58F3N9O11. The van der Waals surface area contributed by atoms with Gasteiger partial charge in [0.05, 0.1) is 88.5 Å². The maximum atomic E-state index is 15.6. The molecule has 0 radical (unpaired) electrons. The minimum atomic E-state index is -3.64. The molecule has 20 nitrogen and oxygen atoms in total. The Morgan fingerprint density at radius 3 is 2.30 bits per heavy atom. The van der Waals surface area contributed by atoms with Gasteiger partial charge in [0.1, 0.15) is 29.9 Å². The van der Waals surface area contributed by atoms with E-state index in [-0.39, 0.29) is 83.7 Å². The number of nitrogens with zero attached hydrogens (tertiary/aromatic N) is 6. The SMILES string of the molecule is COc1cc(C(=O)NC2CCN(CCOCCOCCOCCOCC#Cc3cccc4c3C(=O)N(C3CCC(=O)NC3=O)C4=O)CC2)c(F)cc1Nc1ncc2c(n1)N(C1CCCC1)CC(F)(F)C(=O)N2C. The summed E-state index contributed by atoms with van der Waals surface area (Å²) in [5.41, 5.74) is 0.660. The predicted molar refractivity (Wildman–Crippen MR) is 256 cm³/mol. The smallest absolute Gasteiger partial charge is 0.342 e. The van der Waals surface area contributed by atoms with E-state index in [1.165, 1.54) is 37.4 Å². The van der Waals surface area contributed by atoms with Crippen LogP contribution in [0.3, 0.4) is 0 Å². The first-order valence-corrected chi connectivity index (χ1v) is 24.4. The van der Waals surface area contributed by atoms with Crippen LogP contribution in [-0.2, 0) is 33.3 Å². The van der Waals surface area contributed by atoms with Crippen LogP contribution in [0.2, 0.25) is 0 Å². The van der Waals surface area contributed by atoms with Crippen LogP contribution in [0.4, 0.5) is 36.3 Å². The van der Waals surface area contributed by atoms with Crippen molar-refractivity contribution in [2.75, 3.05) is 108 Å². The Morgan fingerprint density at radius 2 is 1.60 bits per heavy atom. The maximum absolute atomic E-state index is 15.6. The third kappa shape index (κ3) is 12.4. The van der Waals surface area contributed by atoms with E-state index in [4.69, 9.17) is 23.7 Å². The number of anilines is 4. The zero-order valence-electron chi connectivity index (χ0n) is 40.6. The van der Waals surface area contributed by atoms with Crippen molar-refractivity contribution < 1.29 is 65.6 Å². The van der Waals surface area contributed by atoms with Crippen molar-refractivity contribution in [2.24, 2.45) is 0 Å². The zero-order valence-corrected chi connectivity index (χ0v) is 40.6. The number of piperidine rings is 2. The van der Waals surface area contributed by atoms with Gasteiger partial charge in [0, 0.05) is 56.8 Å².